The van der Waals surface area contributed by atoms with E-state index in [1.807, 2.05) is 0 Å². The van der Waals surface area contributed by atoms with Crippen LogP contribution in [0.5, 0.6) is 5.75 Å². The van der Waals surface area contributed by atoms with E-state index in [4.69, 9.17) is 0 Å². The Bertz CT molecular complexity index is 626. The number of rotatable bonds is 3. The number of piperidine rings is 1. The number of pyridine rings is 1. The van der Waals surface area contributed by atoms with Crippen LogP contribution in [0.1, 0.15) is 12.8 Å². The maximum absolute atomic E-state index is 12.8. The summed E-state index contributed by atoms with van der Waals surface area (Å²) in [5.74, 6) is -0.0790. The van der Waals surface area contributed by atoms with Crippen molar-refractivity contribution in [3.8, 4) is 5.75 Å². The van der Waals surface area contributed by atoms with Gasteiger partial charge in [0.05, 0.1) is 0 Å². The summed E-state index contributed by atoms with van der Waals surface area (Å²) in [5.41, 5.74) is -0.751. The first-order valence-corrected chi connectivity index (χ1v) is 6.89. The Morgan fingerprint density at radius 2 is 2.09 bits per heavy atom. The molecule has 0 spiro atoms. The molecule has 0 unspecified atom stereocenters. The Morgan fingerprint density at radius 3 is 2.73 bits per heavy atom. The van der Waals surface area contributed by atoms with Gasteiger partial charge in [-0.05, 0) is 44.1 Å². The van der Waals surface area contributed by atoms with Gasteiger partial charge in [-0.1, -0.05) is 0 Å². The summed E-state index contributed by atoms with van der Waals surface area (Å²) in [6.07, 6.45) is 6.25. The van der Waals surface area contributed by atoms with Crippen molar-refractivity contribution in [3.63, 3.8) is 0 Å². The standard InChI is InChI=1S/C14H17N5O2.ClH/c20-11-3-1-6-16-12(11)18-13(21)14(4-8-15-9-5-14)19-10-2-7-17-19;/h1-3,6-7,10,15,20H,4-5,8-9H2,(H,16,18,21);1H. The van der Waals surface area contributed by atoms with Crippen LogP contribution < -0.4 is 10.6 Å². The molecule has 3 N–H and O–H groups in total. The van der Waals surface area contributed by atoms with Crippen LogP contribution in [-0.4, -0.2) is 38.9 Å². The molecular weight excluding hydrogens is 306 g/mol. The molecule has 7 nitrogen and oxygen atoms in total. The minimum atomic E-state index is -0.751. The minimum Gasteiger partial charge on any atom is -0.504 e. The van der Waals surface area contributed by atoms with E-state index in [9.17, 15) is 9.90 Å². The van der Waals surface area contributed by atoms with Gasteiger partial charge in [-0.15, -0.1) is 12.4 Å². The molecule has 0 aromatic carbocycles. The first-order chi connectivity index (χ1) is 10.2. The van der Waals surface area contributed by atoms with Crippen molar-refractivity contribution >= 4 is 24.1 Å². The van der Waals surface area contributed by atoms with Crippen LogP contribution in [0.3, 0.4) is 0 Å². The summed E-state index contributed by atoms with van der Waals surface area (Å²) in [5, 5.41) is 20.0. The van der Waals surface area contributed by atoms with Crippen LogP contribution >= 0.6 is 12.4 Å². The minimum absolute atomic E-state index is 0. The third kappa shape index (κ3) is 2.90. The molecule has 2 aromatic rings. The number of hydrogen-bond donors (Lipinski definition) is 3. The third-order valence-electron chi connectivity index (χ3n) is 3.81. The molecule has 1 amide bonds. The summed E-state index contributed by atoms with van der Waals surface area (Å²) in [7, 11) is 0. The highest BCUT2D eigenvalue weighted by Gasteiger charge is 2.42. The largest absolute Gasteiger partial charge is 0.504 e. The predicted molar refractivity (Wildman–Crippen MR) is 84.1 cm³/mol. The molecule has 0 radical (unpaired) electrons. The Labute approximate surface area is 134 Å². The molecule has 3 heterocycles. The molecule has 22 heavy (non-hydrogen) atoms. The molecule has 3 rings (SSSR count). The number of hydrogen-bond acceptors (Lipinski definition) is 5. The smallest absolute Gasteiger partial charge is 0.253 e. The molecule has 2 aromatic heterocycles. The summed E-state index contributed by atoms with van der Waals surface area (Å²) >= 11 is 0. The highest BCUT2D eigenvalue weighted by Crippen LogP contribution is 2.29. The van der Waals surface area contributed by atoms with E-state index in [2.05, 4.69) is 20.7 Å². The van der Waals surface area contributed by atoms with E-state index in [-0.39, 0.29) is 29.9 Å². The summed E-state index contributed by atoms with van der Waals surface area (Å²) in [6, 6.07) is 4.90. The molecule has 1 aliphatic heterocycles. The van der Waals surface area contributed by atoms with Gasteiger partial charge >= 0.3 is 0 Å². The third-order valence-corrected chi connectivity index (χ3v) is 3.81. The lowest BCUT2D eigenvalue weighted by molar-refractivity contribution is -0.126. The summed E-state index contributed by atoms with van der Waals surface area (Å²) < 4.78 is 1.70. The fourth-order valence-electron chi connectivity index (χ4n) is 2.64. The van der Waals surface area contributed by atoms with Gasteiger partial charge in [-0.3, -0.25) is 9.48 Å². The zero-order valence-electron chi connectivity index (χ0n) is 11.9. The van der Waals surface area contributed by atoms with Gasteiger partial charge in [0.25, 0.3) is 5.91 Å². The average Bonchev–Trinajstić information content (AvgIpc) is 3.05. The van der Waals surface area contributed by atoms with Gasteiger partial charge < -0.3 is 15.7 Å². The fourth-order valence-corrected chi connectivity index (χ4v) is 2.64. The van der Waals surface area contributed by atoms with Crippen LogP contribution in [0.2, 0.25) is 0 Å². The Morgan fingerprint density at radius 1 is 1.32 bits per heavy atom. The quantitative estimate of drug-likeness (QED) is 0.787. The molecule has 118 valence electrons. The first-order valence-electron chi connectivity index (χ1n) is 6.89. The lowest BCUT2D eigenvalue weighted by Gasteiger charge is -2.36. The van der Waals surface area contributed by atoms with E-state index in [0.29, 0.717) is 12.8 Å². The van der Waals surface area contributed by atoms with Crippen LogP contribution in [-0.2, 0) is 10.3 Å². The van der Waals surface area contributed by atoms with E-state index < -0.39 is 5.54 Å². The van der Waals surface area contributed by atoms with E-state index in [0.717, 1.165) is 13.1 Å². The van der Waals surface area contributed by atoms with E-state index >= 15 is 0 Å². The molecule has 0 aliphatic carbocycles. The van der Waals surface area contributed by atoms with Crippen molar-refractivity contribution in [1.82, 2.24) is 20.1 Å². The number of aromatic hydroxyl groups is 1. The monoisotopic (exact) mass is 323 g/mol. The van der Waals surface area contributed by atoms with Gasteiger partial charge in [-0.2, -0.15) is 5.10 Å². The van der Waals surface area contributed by atoms with E-state index in [1.165, 1.54) is 12.3 Å². The molecule has 1 aliphatic rings. The zero-order chi connectivity index (χ0) is 14.7. The second-order valence-electron chi connectivity index (χ2n) is 5.06. The number of nitrogens with one attached hydrogen (secondary N) is 2. The molecule has 1 fully saturated rings. The molecule has 0 saturated carbocycles. The topological polar surface area (TPSA) is 92.1 Å². The highest BCUT2D eigenvalue weighted by molar-refractivity contribution is 5.97. The summed E-state index contributed by atoms with van der Waals surface area (Å²) in [6.45, 7) is 1.48. The van der Waals surface area contributed by atoms with Crippen LogP contribution in [0.25, 0.3) is 0 Å². The molecule has 0 atom stereocenters. The normalized spacial score (nSPS) is 16.5. The first kappa shape index (κ1) is 16.3. The van der Waals surface area contributed by atoms with Gasteiger partial charge in [-0.25, -0.2) is 4.98 Å². The Balaban J connectivity index is 0.00000176. The lowest BCUT2D eigenvalue weighted by atomic mass is 9.87. The van der Waals surface area contributed by atoms with E-state index in [1.54, 1.807) is 29.2 Å². The maximum Gasteiger partial charge on any atom is 0.253 e. The average molecular weight is 324 g/mol. The van der Waals surface area contributed by atoms with Gasteiger partial charge in [0.15, 0.2) is 11.6 Å². The van der Waals surface area contributed by atoms with Crippen molar-refractivity contribution < 1.29 is 9.90 Å². The van der Waals surface area contributed by atoms with Crippen molar-refractivity contribution in [2.75, 3.05) is 18.4 Å². The summed E-state index contributed by atoms with van der Waals surface area (Å²) in [4.78, 5) is 16.8. The molecular formula is C14H18ClN5O2. The maximum atomic E-state index is 12.8. The van der Waals surface area contributed by atoms with Gasteiger partial charge in [0, 0.05) is 18.6 Å². The van der Waals surface area contributed by atoms with Crippen molar-refractivity contribution in [1.29, 1.82) is 0 Å². The van der Waals surface area contributed by atoms with Gasteiger partial charge in [0.1, 0.15) is 5.54 Å². The molecule has 1 saturated heterocycles. The number of anilines is 1. The number of aromatic nitrogens is 3. The SMILES string of the molecule is Cl.O=C(Nc1ncccc1O)C1(n2cccn2)CCNCC1. The van der Waals surface area contributed by atoms with Crippen molar-refractivity contribution in [2.24, 2.45) is 0 Å². The molecule has 0 bridgehead atoms. The van der Waals surface area contributed by atoms with Crippen LogP contribution in [0.15, 0.2) is 36.8 Å². The lowest BCUT2D eigenvalue weighted by Crippen LogP contribution is -2.52. The number of halogens is 1. The second kappa shape index (κ2) is 6.76. The fraction of sp³-hybridized carbons (Fsp3) is 0.357. The van der Waals surface area contributed by atoms with Crippen LogP contribution in [0.4, 0.5) is 5.82 Å². The van der Waals surface area contributed by atoms with Crippen molar-refractivity contribution in [3.05, 3.63) is 36.8 Å². The number of carbonyl (C=O) groups excluding carboxylic acids is 1. The van der Waals surface area contributed by atoms with Crippen LogP contribution in [0, 0.1) is 0 Å². The Hall–Kier alpha value is -2.12. The molecule has 8 heteroatoms. The predicted octanol–water partition coefficient (Wildman–Crippen LogP) is 1.12. The Kier molecular flexibility index (Phi) is 4.99. The highest BCUT2D eigenvalue weighted by atomic mass is 35.5. The number of nitrogens with zero attached hydrogens (tertiary/aromatic N) is 3. The van der Waals surface area contributed by atoms with Crippen molar-refractivity contribution in [2.45, 2.75) is 18.4 Å². The number of carbonyl (C=O) groups is 1. The number of amides is 1. The second-order valence-corrected chi connectivity index (χ2v) is 5.06. The zero-order valence-corrected chi connectivity index (χ0v) is 12.7. The van der Waals surface area contributed by atoms with Gasteiger partial charge in [0.2, 0.25) is 0 Å².